The second-order valence-corrected chi connectivity index (χ2v) is 6.66. The molecule has 0 amide bonds. The fourth-order valence-electron chi connectivity index (χ4n) is 2.74. The molecule has 1 aromatic carbocycles. The van der Waals surface area contributed by atoms with Gasteiger partial charge < -0.3 is 4.57 Å². The Morgan fingerprint density at radius 2 is 1.91 bits per heavy atom. The molecule has 0 saturated heterocycles. The summed E-state index contributed by atoms with van der Waals surface area (Å²) in [5.74, 6) is 1.31. The maximum Gasteiger partial charge on any atom is 0.164 e. The van der Waals surface area contributed by atoms with Crippen LogP contribution in [0.1, 0.15) is 24.5 Å². The number of rotatable bonds is 3. The third-order valence-corrected chi connectivity index (χ3v) is 4.48. The van der Waals surface area contributed by atoms with Gasteiger partial charge in [-0.3, -0.25) is 0 Å². The molecule has 4 nitrogen and oxygen atoms in total. The van der Waals surface area contributed by atoms with Crippen molar-refractivity contribution < 1.29 is 0 Å². The van der Waals surface area contributed by atoms with Crippen molar-refractivity contribution in [3.63, 3.8) is 0 Å². The molecule has 116 valence electrons. The molecule has 0 bridgehead atoms. The summed E-state index contributed by atoms with van der Waals surface area (Å²) >= 11 is 12.4. The number of halogens is 2. The van der Waals surface area contributed by atoms with E-state index < -0.39 is 0 Å². The summed E-state index contributed by atoms with van der Waals surface area (Å²) in [5.41, 5.74) is 4.05. The van der Waals surface area contributed by atoms with Gasteiger partial charge in [-0.1, -0.05) is 29.3 Å². The fraction of sp³-hybridized carbons (Fsp3) is 0.235. The van der Waals surface area contributed by atoms with Crippen molar-refractivity contribution in [2.75, 3.05) is 0 Å². The summed E-state index contributed by atoms with van der Waals surface area (Å²) in [4.78, 5) is 4.46. The maximum atomic E-state index is 6.24. The van der Waals surface area contributed by atoms with E-state index in [4.69, 9.17) is 23.2 Å². The molecule has 0 unspecified atom stereocenters. The Morgan fingerprint density at radius 1 is 1.09 bits per heavy atom. The minimum Gasteiger partial charge on any atom is -0.317 e. The average molecular weight is 345 g/mol. The highest BCUT2D eigenvalue weighted by atomic mass is 35.5. The molecular weight excluding hydrogens is 331 g/mol. The molecule has 6 heteroatoms. The van der Waals surface area contributed by atoms with Gasteiger partial charge in [0.1, 0.15) is 11.5 Å². The normalized spacial score (nSPS) is 14.2. The molecule has 4 rings (SSSR count). The Kier molecular flexibility index (Phi) is 3.58. The first-order valence-electron chi connectivity index (χ1n) is 7.43. The summed E-state index contributed by atoms with van der Waals surface area (Å²) in [6.07, 6.45) is 4.04. The summed E-state index contributed by atoms with van der Waals surface area (Å²) in [6, 6.07) is 9.78. The summed E-state index contributed by atoms with van der Waals surface area (Å²) in [5, 5.41) is 9.36. The van der Waals surface area contributed by atoms with Crippen molar-refractivity contribution in [1.29, 1.82) is 0 Å². The van der Waals surface area contributed by atoms with Gasteiger partial charge in [-0.25, -0.2) is 4.98 Å². The van der Waals surface area contributed by atoms with Gasteiger partial charge in [0.05, 0.1) is 0 Å². The maximum absolute atomic E-state index is 6.24. The molecule has 1 fully saturated rings. The zero-order chi connectivity index (χ0) is 16.0. The van der Waals surface area contributed by atoms with Crippen LogP contribution in [0, 0.1) is 0 Å². The predicted molar refractivity (Wildman–Crippen MR) is 91.7 cm³/mol. The molecule has 2 aromatic heterocycles. The second kappa shape index (κ2) is 5.62. The third kappa shape index (κ3) is 2.84. The van der Waals surface area contributed by atoms with E-state index in [1.165, 1.54) is 12.8 Å². The van der Waals surface area contributed by atoms with Crippen LogP contribution in [0.25, 0.3) is 22.5 Å². The van der Waals surface area contributed by atoms with E-state index >= 15 is 0 Å². The summed E-state index contributed by atoms with van der Waals surface area (Å²) in [6.45, 7) is 0. The number of hydrogen-bond acceptors (Lipinski definition) is 3. The highest BCUT2D eigenvalue weighted by Crippen LogP contribution is 2.42. The first-order chi connectivity index (χ1) is 11.1. The van der Waals surface area contributed by atoms with E-state index in [9.17, 15) is 0 Å². The van der Waals surface area contributed by atoms with E-state index in [2.05, 4.69) is 21.2 Å². The van der Waals surface area contributed by atoms with Gasteiger partial charge in [-0.05, 0) is 48.2 Å². The molecule has 2 heterocycles. The van der Waals surface area contributed by atoms with Crippen LogP contribution < -0.4 is 0 Å². The highest BCUT2D eigenvalue weighted by Gasteiger charge is 2.26. The fourth-order valence-corrected chi connectivity index (χ4v) is 3.13. The molecule has 0 N–H and O–H groups in total. The van der Waals surface area contributed by atoms with Gasteiger partial charge in [-0.2, -0.15) is 0 Å². The number of aryl methyl sites for hydroxylation is 1. The van der Waals surface area contributed by atoms with Crippen LogP contribution >= 0.6 is 23.2 Å². The van der Waals surface area contributed by atoms with Crippen LogP contribution in [-0.4, -0.2) is 19.7 Å². The van der Waals surface area contributed by atoms with Crippen molar-refractivity contribution in [3.05, 3.63) is 52.5 Å². The predicted octanol–water partition coefficient (Wildman–Crippen LogP) is 4.73. The van der Waals surface area contributed by atoms with E-state index in [1.807, 2.05) is 35.9 Å². The third-order valence-electron chi connectivity index (χ3n) is 4.05. The van der Waals surface area contributed by atoms with Gasteiger partial charge in [-0.15, -0.1) is 10.2 Å². The van der Waals surface area contributed by atoms with Crippen molar-refractivity contribution in [3.8, 4) is 22.5 Å². The average Bonchev–Trinajstić information content (AvgIpc) is 3.28. The van der Waals surface area contributed by atoms with Gasteiger partial charge in [0.25, 0.3) is 0 Å². The van der Waals surface area contributed by atoms with E-state index in [1.54, 1.807) is 6.33 Å². The Labute approximate surface area is 144 Å². The molecule has 0 spiro atoms. The van der Waals surface area contributed by atoms with Crippen LogP contribution in [0.5, 0.6) is 0 Å². The Balaban J connectivity index is 1.91. The Bertz CT molecular complexity index is 884. The smallest absolute Gasteiger partial charge is 0.164 e. The molecule has 0 atom stereocenters. The van der Waals surface area contributed by atoms with Crippen LogP contribution in [0.3, 0.4) is 0 Å². The molecule has 1 saturated carbocycles. The Morgan fingerprint density at radius 3 is 2.61 bits per heavy atom. The number of benzene rings is 1. The van der Waals surface area contributed by atoms with Crippen molar-refractivity contribution in [2.45, 2.75) is 18.8 Å². The quantitative estimate of drug-likeness (QED) is 0.645. The van der Waals surface area contributed by atoms with Crippen LogP contribution in [0.4, 0.5) is 0 Å². The first kappa shape index (κ1) is 14.7. The molecule has 0 aliphatic heterocycles. The first-order valence-corrected chi connectivity index (χ1v) is 8.19. The van der Waals surface area contributed by atoms with Gasteiger partial charge in [0, 0.05) is 29.2 Å². The summed E-state index contributed by atoms with van der Waals surface area (Å²) in [7, 11) is 1.91. The lowest BCUT2D eigenvalue weighted by molar-refractivity contribution is 0.920. The van der Waals surface area contributed by atoms with Crippen molar-refractivity contribution >= 4 is 23.2 Å². The number of aromatic nitrogens is 4. The zero-order valence-electron chi connectivity index (χ0n) is 12.5. The molecule has 1 aliphatic rings. The van der Waals surface area contributed by atoms with Crippen molar-refractivity contribution in [2.24, 2.45) is 7.05 Å². The standard InChI is InChI=1S/C17H14Cl2N4/c1-23-9-20-22-17(23)14-8-12(18)4-5-13(14)11-6-15(10-2-3-10)21-16(19)7-11/h4-10H,2-3H2,1H3. The van der Waals surface area contributed by atoms with E-state index in [0.717, 1.165) is 28.2 Å². The van der Waals surface area contributed by atoms with Crippen LogP contribution in [-0.2, 0) is 7.05 Å². The molecule has 1 aliphatic carbocycles. The van der Waals surface area contributed by atoms with Crippen LogP contribution in [0.15, 0.2) is 36.7 Å². The molecule has 0 radical (unpaired) electrons. The van der Waals surface area contributed by atoms with E-state index in [-0.39, 0.29) is 0 Å². The highest BCUT2D eigenvalue weighted by molar-refractivity contribution is 6.31. The number of nitrogens with zero attached hydrogens (tertiary/aromatic N) is 4. The van der Waals surface area contributed by atoms with Crippen molar-refractivity contribution in [1.82, 2.24) is 19.7 Å². The topological polar surface area (TPSA) is 43.6 Å². The lowest BCUT2D eigenvalue weighted by atomic mass is 9.98. The Hall–Kier alpha value is -1.91. The van der Waals surface area contributed by atoms with Gasteiger partial charge >= 0.3 is 0 Å². The molecular formula is C17H14Cl2N4. The second-order valence-electron chi connectivity index (χ2n) is 5.83. The number of hydrogen-bond donors (Lipinski definition) is 0. The molecule has 23 heavy (non-hydrogen) atoms. The number of pyridine rings is 1. The van der Waals surface area contributed by atoms with Gasteiger partial charge in [0.2, 0.25) is 0 Å². The van der Waals surface area contributed by atoms with Gasteiger partial charge in [0.15, 0.2) is 5.82 Å². The lowest BCUT2D eigenvalue weighted by Gasteiger charge is -2.11. The zero-order valence-corrected chi connectivity index (χ0v) is 14.0. The summed E-state index contributed by atoms with van der Waals surface area (Å²) < 4.78 is 1.87. The lowest BCUT2D eigenvalue weighted by Crippen LogP contribution is -1.95. The largest absolute Gasteiger partial charge is 0.317 e. The van der Waals surface area contributed by atoms with E-state index in [0.29, 0.717) is 16.1 Å². The monoisotopic (exact) mass is 344 g/mol. The minimum atomic E-state index is 0.517. The molecule has 3 aromatic rings. The minimum absolute atomic E-state index is 0.517. The van der Waals surface area contributed by atoms with Crippen LogP contribution in [0.2, 0.25) is 10.2 Å². The SMILES string of the molecule is Cn1cnnc1-c1cc(Cl)ccc1-c1cc(Cl)nc(C2CC2)c1.